The second-order valence-corrected chi connectivity index (χ2v) is 3.91. The highest BCUT2D eigenvalue weighted by molar-refractivity contribution is 4.87. The van der Waals surface area contributed by atoms with Crippen molar-refractivity contribution in [2.75, 3.05) is 6.61 Å². The molecule has 5 heteroatoms. The van der Waals surface area contributed by atoms with Gasteiger partial charge < -0.3 is 25.5 Å². The van der Waals surface area contributed by atoms with Gasteiger partial charge in [-0.25, -0.2) is 0 Å². The molecule has 5 atom stereocenters. The van der Waals surface area contributed by atoms with Crippen LogP contribution in [-0.2, 0) is 0 Å². The largest absolute Gasteiger partial charge is 0.396 e. The summed E-state index contributed by atoms with van der Waals surface area (Å²) in [7, 11) is 0. The first-order valence-electron chi connectivity index (χ1n) is 4.91. The van der Waals surface area contributed by atoms with E-state index in [1.165, 1.54) is 0 Å². The van der Waals surface area contributed by atoms with Crippen LogP contribution in [0.4, 0.5) is 0 Å². The molecule has 5 N–H and O–H groups in total. The van der Waals surface area contributed by atoms with Crippen LogP contribution in [-0.4, -0.2) is 56.6 Å². The lowest BCUT2D eigenvalue weighted by atomic mass is 9.85. The van der Waals surface area contributed by atoms with Crippen molar-refractivity contribution >= 4 is 0 Å². The van der Waals surface area contributed by atoms with E-state index >= 15 is 0 Å². The van der Waals surface area contributed by atoms with Crippen molar-refractivity contribution < 1.29 is 25.5 Å². The van der Waals surface area contributed by atoms with Gasteiger partial charge in [-0.15, -0.1) is 0 Å². The van der Waals surface area contributed by atoms with Crippen LogP contribution in [0.25, 0.3) is 0 Å². The number of aliphatic hydroxyl groups is 5. The zero-order chi connectivity index (χ0) is 10.7. The Labute approximate surface area is 82.6 Å². The van der Waals surface area contributed by atoms with E-state index < -0.39 is 30.3 Å². The minimum absolute atomic E-state index is 0.221. The van der Waals surface area contributed by atoms with E-state index in [0.29, 0.717) is 19.3 Å². The first kappa shape index (κ1) is 11.9. The molecule has 0 radical (unpaired) electrons. The van der Waals surface area contributed by atoms with Gasteiger partial charge in [-0.2, -0.15) is 0 Å². The SMILES string of the molecule is OC[C@@H]1CCC[C@H](O)[C@H](O)[C@@H](O)[C@H]1O. The second-order valence-electron chi connectivity index (χ2n) is 3.91. The van der Waals surface area contributed by atoms with Crippen LogP contribution >= 0.6 is 0 Å². The Hall–Kier alpha value is -0.200. The zero-order valence-electron chi connectivity index (χ0n) is 7.95. The zero-order valence-corrected chi connectivity index (χ0v) is 7.95. The molecule has 1 aliphatic rings. The van der Waals surface area contributed by atoms with Crippen LogP contribution in [0.5, 0.6) is 0 Å². The van der Waals surface area contributed by atoms with E-state index in [0.717, 1.165) is 0 Å². The average Bonchev–Trinajstić information content (AvgIpc) is 2.20. The summed E-state index contributed by atoms with van der Waals surface area (Å²) < 4.78 is 0. The molecule has 0 heterocycles. The highest BCUT2D eigenvalue weighted by Gasteiger charge is 2.36. The smallest absolute Gasteiger partial charge is 0.109 e. The molecule has 84 valence electrons. The average molecular weight is 206 g/mol. The number of rotatable bonds is 1. The summed E-state index contributed by atoms with van der Waals surface area (Å²) in [4.78, 5) is 0. The summed E-state index contributed by atoms with van der Waals surface area (Å²) >= 11 is 0. The molecule has 0 bridgehead atoms. The minimum atomic E-state index is -1.39. The predicted molar refractivity (Wildman–Crippen MR) is 48.5 cm³/mol. The van der Waals surface area contributed by atoms with Crippen LogP contribution in [0.2, 0.25) is 0 Å². The first-order valence-corrected chi connectivity index (χ1v) is 4.91. The third-order valence-corrected chi connectivity index (χ3v) is 2.89. The van der Waals surface area contributed by atoms with E-state index in [4.69, 9.17) is 5.11 Å². The Kier molecular flexibility index (Phi) is 4.28. The van der Waals surface area contributed by atoms with Crippen LogP contribution in [0.15, 0.2) is 0 Å². The van der Waals surface area contributed by atoms with Gasteiger partial charge in [0, 0.05) is 12.5 Å². The van der Waals surface area contributed by atoms with E-state index in [9.17, 15) is 20.4 Å². The molecule has 0 aromatic heterocycles. The summed E-state index contributed by atoms with van der Waals surface area (Å²) in [5, 5.41) is 46.7. The van der Waals surface area contributed by atoms with Crippen molar-refractivity contribution in [1.82, 2.24) is 0 Å². The third kappa shape index (κ3) is 2.43. The summed E-state index contributed by atoms with van der Waals surface area (Å²) in [6.45, 7) is -0.221. The fourth-order valence-electron chi connectivity index (χ4n) is 1.84. The Morgan fingerprint density at radius 1 is 0.857 bits per heavy atom. The van der Waals surface area contributed by atoms with Gasteiger partial charge in [-0.3, -0.25) is 0 Å². The number of hydrogen-bond acceptors (Lipinski definition) is 5. The molecule has 0 aromatic carbocycles. The molecular formula is C9H18O5. The number of hydrogen-bond donors (Lipinski definition) is 5. The molecule has 0 saturated heterocycles. The lowest BCUT2D eigenvalue weighted by molar-refractivity contribution is -0.134. The Bertz CT molecular complexity index is 169. The van der Waals surface area contributed by atoms with Crippen molar-refractivity contribution in [3.8, 4) is 0 Å². The highest BCUT2D eigenvalue weighted by Crippen LogP contribution is 2.23. The van der Waals surface area contributed by atoms with Gasteiger partial charge in [0.2, 0.25) is 0 Å². The maximum atomic E-state index is 9.55. The monoisotopic (exact) mass is 206 g/mol. The molecule has 0 unspecified atom stereocenters. The molecule has 14 heavy (non-hydrogen) atoms. The quantitative estimate of drug-likeness (QED) is 0.349. The molecule has 0 aromatic rings. The predicted octanol–water partition coefficient (Wildman–Crippen LogP) is -1.78. The van der Waals surface area contributed by atoms with Gasteiger partial charge in [0.1, 0.15) is 12.2 Å². The summed E-state index contributed by atoms with van der Waals surface area (Å²) in [5.41, 5.74) is 0. The topological polar surface area (TPSA) is 101 Å². The van der Waals surface area contributed by atoms with E-state index in [1.54, 1.807) is 0 Å². The molecule has 5 nitrogen and oxygen atoms in total. The Morgan fingerprint density at radius 2 is 1.50 bits per heavy atom. The third-order valence-electron chi connectivity index (χ3n) is 2.89. The maximum absolute atomic E-state index is 9.55. The molecule has 1 fully saturated rings. The Morgan fingerprint density at radius 3 is 2.07 bits per heavy atom. The van der Waals surface area contributed by atoms with E-state index in [1.807, 2.05) is 0 Å². The van der Waals surface area contributed by atoms with Crippen LogP contribution < -0.4 is 0 Å². The van der Waals surface area contributed by atoms with Crippen LogP contribution in [0, 0.1) is 5.92 Å². The molecule has 1 saturated carbocycles. The fourth-order valence-corrected chi connectivity index (χ4v) is 1.84. The molecule has 1 aliphatic carbocycles. The van der Waals surface area contributed by atoms with Gasteiger partial charge in [-0.1, -0.05) is 6.42 Å². The van der Waals surface area contributed by atoms with Crippen molar-refractivity contribution in [3.05, 3.63) is 0 Å². The molecule has 1 rings (SSSR count). The van der Waals surface area contributed by atoms with Crippen LogP contribution in [0.3, 0.4) is 0 Å². The lowest BCUT2D eigenvalue weighted by Crippen LogP contribution is -2.49. The van der Waals surface area contributed by atoms with Crippen molar-refractivity contribution in [2.24, 2.45) is 5.92 Å². The van der Waals surface area contributed by atoms with Crippen molar-refractivity contribution in [2.45, 2.75) is 43.7 Å². The highest BCUT2D eigenvalue weighted by atomic mass is 16.4. The van der Waals surface area contributed by atoms with Gasteiger partial charge in [0.15, 0.2) is 0 Å². The van der Waals surface area contributed by atoms with Crippen molar-refractivity contribution in [3.63, 3.8) is 0 Å². The first-order chi connectivity index (χ1) is 6.57. The summed E-state index contributed by atoms with van der Waals surface area (Å²) in [5.74, 6) is -0.424. The van der Waals surface area contributed by atoms with Gasteiger partial charge >= 0.3 is 0 Å². The van der Waals surface area contributed by atoms with Crippen molar-refractivity contribution in [1.29, 1.82) is 0 Å². The molecular weight excluding hydrogens is 188 g/mol. The van der Waals surface area contributed by atoms with Gasteiger partial charge in [0.25, 0.3) is 0 Å². The van der Waals surface area contributed by atoms with E-state index in [2.05, 4.69) is 0 Å². The molecule has 0 aliphatic heterocycles. The molecule has 0 spiro atoms. The fraction of sp³-hybridized carbons (Fsp3) is 1.00. The molecule has 0 amide bonds. The van der Waals surface area contributed by atoms with E-state index in [-0.39, 0.29) is 6.61 Å². The summed E-state index contributed by atoms with van der Waals surface area (Å²) in [6, 6.07) is 0. The lowest BCUT2D eigenvalue weighted by Gasteiger charge is -2.33. The van der Waals surface area contributed by atoms with Gasteiger partial charge in [0.05, 0.1) is 12.2 Å². The van der Waals surface area contributed by atoms with Crippen LogP contribution in [0.1, 0.15) is 19.3 Å². The van der Waals surface area contributed by atoms with Gasteiger partial charge in [-0.05, 0) is 12.8 Å². The normalized spacial score (nSPS) is 45.6. The maximum Gasteiger partial charge on any atom is 0.109 e. The number of aliphatic hydroxyl groups excluding tert-OH is 5. The Balaban J connectivity index is 2.67. The minimum Gasteiger partial charge on any atom is -0.396 e. The summed E-state index contributed by atoms with van der Waals surface area (Å²) in [6.07, 6.45) is -3.36. The standard InChI is InChI=1S/C9H18O5/c10-4-5-2-1-3-6(11)8(13)9(14)7(5)12/h5-14H,1-4H2/t5-,6-,7-,8-,9-/m0/s1. The second kappa shape index (κ2) is 5.04.